The Kier molecular flexibility index (Phi) is 4.37. The molecule has 5 heteroatoms. The minimum atomic E-state index is -0.455. The van der Waals surface area contributed by atoms with Crippen molar-refractivity contribution in [2.45, 2.75) is 45.1 Å². The number of piperidine rings is 1. The number of para-hydroxylation sites is 1. The summed E-state index contributed by atoms with van der Waals surface area (Å²) in [6.45, 7) is 8.68. The van der Waals surface area contributed by atoms with Crippen molar-refractivity contribution in [1.82, 2.24) is 4.90 Å². The maximum absolute atomic E-state index is 12.3. The van der Waals surface area contributed by atoms with E-state index in [1.807, 2.05) is 31.7 Å². The van der Waals surface area contributed by atoms with Crippen LogP contribution >= 0.6 is 0 Å². The van der Waals surface area contributed by atoms with E-state index in [1.54, 1.807) is 0 Å². The van der Waals surface area contributed by atoms with E-state index in [-0.39, 0.29) is 6.09 Å². The number of ether oxygens (including phenoxy) is 2. The first-order chi connectivity index (χ1) is 10.9. The van der Waals surface area contributed by atoms with Crippen LogP contribution in [-0.2, 0) is 4.74 Å². The van der Waals surface area contributed by atoms with Gasteiger partial charge in [0.1, 0.15) is 18.0 Å². The number of anilines is 1. The van der Waals surface area contributed by atoms with Crippen molar-refractivity contribution in [2.75, 3.05) is 31.6 Å². The average molecular weight is 318 g/mol. The summed E-state index contributed by atoms with van der Waals surface area (Å²) >= 11 is 0. The van der Waals surface area contributed by atoms with Gasteiger partial charge in [0.05, 0.1) is 5.69 Å². The Hall–Kier alpha value is -1.91. The minimum Gasteiger partial charge on any atom is -0.489 e. The first-order valence-electron chi connectivity index (χ1n) is 8.41. The van der Waals surface area contributed by atoms with Crippen LogP contribution in [0.15, 0.2) is 18.2 Å². The quantitative estimate of drug-likeness (QED) is 0.859. The van der Waals surface area contributed by atoms with Crippen LogP contribution < -0.4 is 10.1 Å². The molecule has 23 heavy (non-hydrogen) atoms. The van der Waals surface area contributed by atoms with Gasteiger partial charge < -0.3 is 19.7 Å². The third-order valence-electron chi connectivity index (χ3n) is 4.22. The summed E-state index contributed by atoms with van der Waals surface area (Å²) < 4.78 is 11.4. The Morgan fingerprint density at radius 1 is 1.39 bits per heavy atom. The molecule has 1 atom stereocenters. The SMILES string of the molecule is CC(C)(C)OC(=O)N1CCC[C@@H](c2cccc3c2OCCN3)C1. The molecule has 0 spiro atoms. The Balaban J connectivity index is 1.75. The molecule has 1 fully saturated rings. The normalized spacial score (nSPS) is 21.0. The highest BCUT2D eigenvalue weighted by Gasteiger charge is 2.30. The van der Waals surface area contributed by atoms with Crippen LogP contribution in [0, 0.1) is 0 Å². The fourth-order valence-electron chi connectivity index (χ4n) is 3.24. The highest BCUT2D eigenvalue weighted by molar-refractivity contribution is 5.69. The van der Waals surface area contributed by atoms with Crippen LogP contribution in [0.25, 0.3) is 0 Å². The minimum absolute atomic E-state index is 0.217. The summed E-state index contributed by atoms with van der Waals surface area (Å²) in [6.07, 6.45) is 1.84. The summed E-state index contributed by atoms with van der Waals surface area (Å²) in [5, 5.41) is 3.38. The standard InChI is InChI=1S/C18H26N2O3/c1-18(2,3)23-17(21)20-10-5-6-13(12-20)14-7-4-8-15-16(14)22-11-9-19-15/h4,7-8,13,19H,5-6,9-12H2,1-3H3/t13-/m1/s1. The van der Waals surface area contributed by atoms with Crippen LogP contribution in [0.3, 0.4) is 0 Å². The van der Waals surface area contributed by atoms with E-state index in [2.05, 4.69) is 17.4 Å². The lowest BCUT2D eigenvalue weighted by Gasteiger charge is -2.35. The number of hydrogen-bond acceptors (Lipinski definition) is 4. The zero-order valence-corrected chi connectivity index (χ0v) is 14.2. The van der Waals surface area contributed by atoms with Gasteiger partial charge in [-0.2, -0.15) is 0 Å². The van der Waals surface area contributed by atoms with Crippen LogP contribution in [0.4, 0.5) is 10.5 Å². The molecule has 2 heterocycles. The number of benzene rings is 1. The number of fused-ring (bicyclic) bond motifs is 1. The van der Waals surface area contributed by atoms with Gasteiger partial charge >= 0.3 is 6.09 Å². The number of carbonyl (C=O) groups is 1. The molecule has 3 rings (SSSR count). The molecule has 1 aromatic carbocycles. The van der Waals surface area contributed by atoms with Gasteiger partial charge in [0.2, 0.25) is 0 Å². The maximum Gasteiger partial charge on any atom is 0.410 e. The van der Waals surface area contributed by atoms with E-state index in [0.717, 1.165) is 37.4 Å². The second kappa shape index (κ2) is 6.30. The third kappa shape index (κ3) is 3.71. The lowest BCUT2D eigenvalue weighted by Crippen LogP contribution is -2.42. The van der Waals surface area contributed by atoms with Gasteiger partial charge in [-0.1, -0.05) is 12.1 Å². The average Bonchev–Trinajstić information content (AvgIpc) is 2.53. The first-order valence-corrected chi connectivity index (χ1v) is 8.41. The Bertz CT molecular complexity index is 580. The van der Waals surface area contributed by atoms with Crippen LogP contribution in [-0.4, -0.2) is 42.8 Å². The van der Waals surface area contributed by atoms with E-state index < -0.39 is 5.60 Å². The van der Waals surface area contributed by atoms with Crippen molar-refractivity contribution < 1.29 is 14.3 Å². The fraction of sp³-hybridized carbons (Fsp3) is 0.611. The largest absolute Gasteiger partial charge is 0.489 e. The zero-order chi connectivity index (χ0) is 16.4. The second-order valence-corrected chi connectivity index (χ2v) is 7.26. The summed E-state index contributed by atoms with van der Waals surface area (Å²) in [6, 6.07) is 6.23. The van der Waals surface area contributed by atoms with E-state index in [4.69, 9.17) is 9.47 Å². The number of rotatable bonds is 1. The molecule has 2 aliphatic heterocycles. The van der Waals surface area contributed by atoms with Crippen molar-refractivity contribution >= 4 is 11.8 Å². The van der Waals surface area contributed by atoms with Crippen molar-refractivity contribution in [1.29, 1.82) is 0 Å². The van der Waals surface area contributed by atoms with Gasteiger partial charge in [-0.3, -0.25) is 0 Å². The molecule has 5 nitrogen and oxygen atoms in total. The van der Waals surface area contributed by atoms with E-state index in [0.29, 0.717) is 19.1 Å². The van der Waals surface area contributed by atoms with Crippen molar-refractivity contribution in [3.8, 4) is 5.75 Å². The van der Waals surface area contributed by atoms with E-state index in [9.17, 15) is 4.79 Å². The molecule has 126 valence electrons. The predicted octanol–water partition coefficient (Wildman–Crippen LogP) is 3.61. The monoisotopic (exact) mass is 318 g/mol. The Labute approximate surface area is 137 Å². The van der Waals surface area contributed by atoms with Crippen molar-refractivity contribution in [2.24, 2.45) is 0 Å². The molecule has 1 N–H and O–H groups in total. The first kappa shape index (κ1) is 16.0. The molecule has 0 aromatic heterocycles. The predicted molar refractivity (Wildman–Crippen MR) is 90.2 cm³/mol. The van der Waals surface area contributed by atoms with E-state index in [1.165, 1.54) is 5.56 Å². The lowest BCUT2D eigenvalue weighted by atomic mass is 9.89. The molecule has 0 aliphatic carbocycles. The second-order valence-electron chi connectivity index (χ2n) is 7.26. The maximum atomic E-state index is 12.3. The topological polar surface area (TPSA) is 50.8 Å². The van der Waals surface area contributed by atoms with Crippen LogP contribution in [0.1, 0.15) is 45.1 Å². The fourth-order valence-corrected chi connectivity index (χ4v) is 3.24. The highest BCUT2D eigenvalue weighted by atomic mass is 16.6. The molecule has 0 bridgehead atoms. The Morgan fingerprint density at radius 3 is 3.00 bits per heavy atom. The molecule has 0 unspecified atom stereocenters. The zero-order valence-electron chi connectivity index (χ0n) is 14.2. The van der Waals surface area contributed by atoms with Gasteiger partial charge in [-0.15, -0.1) is 0 Å². The highest BCUT2D eigenvalue weighted by Crippen LogP contribution is 2.39. The smallest absolute Gasteiger partial charge is 0.410 e. The van der Waals surface area contributed by atoms with Crippen LogP contribution in [0.5, 0.6) is 5.75 Å². The van der Waals surface area contributed by atoms with Gasteiger partial charge in [-0.05, 0) is 39.7 Å². The molecular weight excluding hydrogens is 292 g/mol. The Morgan fingerprint density at radius 2 is 2.22 bits per heavy atom. The number of hydrogen-bond donors (Lipinski definition) is 1. The molecule has 0 radical (unpaired) electrons. The summed E-state index contributed by atoms with van der Waals surface area (Å²) in [5.74, 6) is 1.25. The third-order valence-corrected chi connectivity index (χ3v) is 4.22. The number of nitrogens with zero attached hydrogens (tertiary/aromatic N) is 1. The molecule has 2 aliphatic rings. The van der Waals surface area contributed by atoms with Crippen molar-refractivity contribution in [3.05, 3.63) is 23.8 Å². The number of carbonyl (C=O) groups excluding carboxylic acids is 1. The number of likely N-dealkylation sites (tertiary alicyclic amines) is 1. The van der Waals surface area contributed by atoms with Gasteiger partial charge in [-0.25, -0.2) is 4.79 Å². The molecule has 1 aromatic rings. The van der Waals surface area contributed by atoms with Crippen LogP contribution in [0.2, 0.25) is 0 Å². The molecular formula is C18H26N2O3. The van der Waals surface area contributed by atoms with Gasteiger partial charge in [0.15, 0.2) is 0 Å². The number of amides is 1. The van der Waals surface area contributed by atoms with E-state index >= 15 is 0 Å². The molecule has 0 saturated carbocycles. The van der Waals surface area contributed by atoms with Crippen molar-refractivity contribution in [3.63, 3.8) is 0 Å². The number of nitrogens with one attached hydrogen (secondary N) is 1. The van der Waals surface area contributed by atoms with Gasteiger partial charge in [0, 0.05) is 31.1 Å². The summed E-state index contributed by atoms with van der Waals surface area (Å²) in [4.78, 5) is 14.2. The molecule has 1 saturated heterocycles. The van der Waals surface area contributed by atoms with Gasteiger partial charge in [0.25, 0.3) is 0 Å². The summed E-state index contributed by atoms with van der Waals surface area (Å²) in [5.41, 5.74) is 1.80. The lowest BCUT2D eigenvalue weighted by molar-refractivity contribution is 0.0197. The molecule has 1 amide bonds. The summed E-state index contributed by atoms with van der Waals surface area (Å²) in [7, 11) is 0.